The summed E-state index contributed by atoms with van der Waals surface area (Å²) < 4.78 is 5.29. The Morgan fingerprint density at radius 2 is 2.05 bits per heavy atom. The van der Waals surface area contributed by atoms with Crippen LogP contribution in [-0.4, -0.2) is 28.5 Å². The van der Waals surface area contributed by atoms with Crippen molar-refractivity contribution >= 4 is 12.0 Å². The molecular weight excluding hydrogens is 242 g/mol. The van der Waals surface area contributed by atoms with Gasteiger partial charge in [0.2, 0.25) is 0 Å². The Morgan fingerprint density at radius 1 is 1.42 bits per heavy atom. The van der Waals surface area contributed by atoms with Crippen molar-refractivity contribution in [3.8, 4) is 0 Å². The Hall–Kier alpha value is -2.10. The van der Waals surface area contributed by atoms with Crippen LogP contribution in [0.1, 0.15) is 19.4 Å². The third-order valence-electron chi connectivity index (χ3n) is 3.35. The number of imide groups is 1. The summed E-state index contributed by atoms with van der Waals surface area (Å²) in [7, 11) is 0. The molecular formula is C15H17NO3. The van der Waals surface area contributed by atoms with E-state index >= 15 is 0 Å². The number of ether oxygens (including phenoxy) is 1. The van der Waals surface area contributed by atoms with Gasteiger partial charge >= 0.3 is 6.09 Å². The molecule has 4 nitrogen and oxygen atoms in total. The van der Waals surface area contributed by atoms with Crippen molar-refractivity contribution in [3.63, 3.8) is 0 Å². The Kier molecular flexibility index (Phi) is 3.42. The van der Waals surface area contributed by atoms with Crippen LogP contribution >= 0.6 is 0 Å². The number of carbonyl (C=O) groups excluding carboxylic acids is 2. The number of amides is 2. The molecule has 19 heavy (non-hydrogen) atoms. The third-order valence-corrected chi connectivity index (χ3v) is 3.35. The summed E-state index contributed by atoms with van der Waals surface area (Å²) in [6, 6.07) is 9.40. The molecule has 1 aromatic rings. The maximum atomic E-state index is 11.8. The molecule has 2 rings (SSSR count). The number of benzene rings is 1. The second kappa shape index (κ2) is 4.88. The van der Waals surface area contributed by atoms with E-state index in [1.807, 2.05) is 44.2 Å². The average Bonchev–Trinajstić information content (AvgIpc) is 2.59. The van der Waals surface area contributed by atoms with E-state index in [4.69, 9.17) is 4.74 Å². The van der Waals surface area contributed by atoms with Crippen LogP contribution in [0, 0.1) is 0 Å². The minimum atomic E-state index is -0.703. The summed E-state index contributed by atoms with van der Waals surface area (Å²) in [6.45, 7) is 7.06. The lowest BCUT2D eigenvalue weighted by atomic mass is 9.92. The van der Waals surface area contributed by atoms with E-state index in [0.29, 0.717) is 6.42 Å². The fraction of sp³-hybridized carbons (Fsp3) is 0.333. The zero-order valence-corrected chi connectivity index (χ0v) is 11.1. The highest BCUT2D eigenvalue weighted by molar-refractivity contribution is 6.00. The molecule has 0 aromatic heterocycles. The first-order chi connectivity index (χ1) is 8.95. The van der Waals surface area contributed by atoms with Gasteiger partial charge in [0.25, 0.3) is 5.91 Å². The van der Waals surface area contributed by atoms with Gasteiger partial charge in [-0.2, -0.15) is 0 Å². The molecule has 0 aliphatic carbocycles. The molecule has 1 fully saturated rings. The van der Waals surface area contributed by atoms with Crippen LogP contribution in [0.25, 0.3) is 0 Å². The van der Waals surface area contributed by atoms with E-state index in [0.717, 1.165) is 16.5 Å². The number of hydrogen-bond acceptors (Lipinski definition) is 3. The van der Waals surface area contributed by atoms with Crippen LogP contribution in [-0.2, 0) is 16.0 Å². The number of carbonyl (C=O) groups is 2. The summed E-state index contributed by atoms with van der Waals surface area (Å²) in [4.78, 5) is 24.8. The fourth-order valence-corrected chi connectivity index (χ4v) is 2.30. The first-order valence-electron chi connectivity index (χ1n) is 6.18. The normalized spacial score (nSPS) is 21.1. The molecule has 0 radical (unpaired) electrons. The highest BCUT2D eigenvalue weighted by atomic mass is 16.6. The molecule has 1 atom stereocenters. The molecule has 1 saturated heterocycles. The molecule has 0 unspecified atom stereocenters. The van der Waals surface area contributed by atoms with Crippen LogP contribution in [0.15, 0.2) is 43.0 Å². The summed E-state index contributed by atoms with van der Waals surface area (Å²) in [5, 5.41) is 0. The summed E-state index contributed by atoms with van der Waals surface area (Å²) in [5.41, 5.74) is 0.353. The molecule has 1 aliphatic rings. The topological polar surface area (TPSA) is 46.6 Å². The molecule has 1 aliphatic heterocycles. The van der Waals surface area contributed by atoms with E-state index in [2.05, 4.69) is 6.58 Å². The lowest BCUT2D eigenvalue weighted by Crippen LogP contribution is -2.45. The van der Waals surface area contributed by atoms with Crippen molar-refractivity contribution in [2.75, 3.05) is 0 Å². The lowest BCUT2D eigenvalue weighted by Gasteiger charge is -2.27. The van der Waals surface area contributed by atoms with Crippen molar-refractivity contribution in [2.24, 2.45) is 0 Å². The number of nitrogens with zero attached hydrogens (tertiary/aromatic N) is 1. The van der Waals surface area contributed by atoms with Crippen molar-refractivity contribution in [1.29, 1.82) is 0 Å². The van der Waals surface area contributed by atoms with Crippen molar-refractivity contribution in [3.05, 3.63) is 48.6 Å². The fourth-order valence-electron chi connectivity index (χ4n) is 2.30. The van der Waals surface area contributed by atoms with Gasteiger partial charge < -0.3 is 4.74 Å². The molecule has 1 aromatic carbocycles. The van der Waals surface area contributed by atoms with Crippen molar-refractivity contribution in [2.45, 2.75) is 31.9 Å². The van der Waals surface area contributed by atoms with E-state index in [1.165, 1.54) is 0 Å². The number of hydrogen-bond donors (Lipinski definition) is 0. The second-order valence-corrected chi connectivity index (χ2v) is 5.09. The first kappa shape index (κ1) is 13.3. The predicted molar refractivity (Wildman–Crippen MR) is 71.5 cm³/mol. The Bertz CT molecular complexity index is 507. The number of cyclic esters (lactones) is 1. The maximum Gasteiger partial charge on any atom is 0.417 e. The van der Waals surface area contributed by atoms with E-state index in [9.17, 15) is 9.59 Å². The van der Waals surface area contributed by atoms with E-state index in [-0.39, 0.29) is 6.04 Å². The van der Waals surface area contributed by atoms with Gasteiger partial charge in [-0.05, 0) is 31.9 Å². The third kappa shape index (κ3) is 2.52. The van der Waals surface area contributed by atoms with E-state index in [1.54, 1.807) is 0 Å². The standard InChI is InChI=1S/C15H17NO3/c1-4-13(17)16-12(15(2,3)19-14(16)18)10-11-8-6-5-7-9-11/h4-9,12H,1,10H2,2-3H3/t12-/m1/s1. The second-order valence-electron chi connectivity index (χ2n) is 5.09. The summed E-state index contributed by atoms with van der Waals surface area (Å²) in [6.07, 6.45) is 1.11. The van der Waals surface area contributed by atoms with Gasteiger partial charge in [-0.1, -0.05) is 36.9 Å². The monoisotopic (exact) mass is 259 g/mol. The van der Waals surface area contributed by atoms with Gasteiger partial charge in [0.1, 0.15) is 5.60 Å². The van der Waals surface area contributed by atoms with Crippen LogP contribution in [0.4, 0.5) is 4.79 Å². The Labute approximate surface area is 112 Å². The zero-order chi connectivity index (χ0) is 14.0. The maximum absolute atomic E-state index is 11.8. The van der Waals surface area contributed by atoms with Gasteiger partial charge in [0, 0.05) is 0 Å². The highest BCUT2D eigenvalue weighted by Gasteiger charge is 2.49. The van der Waals surface area contributed by atoms with Gasteiger partial charge in [0.15, 0.2) is 0 Å². The van der Waals surface area contributed by atoms with Crippen molar-refractivity contribution in [1.82, 2.24) is 4.90 Å². The molecule has 0 spiro atoms. The van der Waals surface area contributed by atoms with Crippen molar-refractivity contribution < 1.29 is 14.3 Å². The van der Waals surface area contributed by atoms with E-state index < -0.39 is 17.6 Å². The van der Waals surface area contributed by atoms with Gasteiger partial charge in [-0.15, -0.1) is 0 Å². The average molecular weight is 259 g/mol. The van der Waals surface area contributed by atoms with Gasteiger partial charge in [-0.25, -0.2) is 9.69 Å². The summed E-state index contributed by atoms with van der Waals surface area (Å²) >= 11 is 0. The quantitative estimate of drug-likeness (QED) is 0.784. The minimum absolute atomic E-state index is 0.326. The highest BCUT2D eigenvalue weighted by Crippen LogP contribution is 2.31. The number of rotatable bonds is 3. The molecule has 0 N–H and O–H groups in total. The Morgan fingerprint density at radius 3 is 2.63 bits per heavy atom. The van der Waals surface area contributed by atoms with Crippen LogP contribution in [0.3, 0.4) is 0 Å². The van der Waals surface area contributed by atoms with Crippen LogP contribution in [0.2, 0.25) is 0 Å². The predicted octanol–water partition coefficient (Wildman–Crippen LogP) is 2.54. The minimum Gasteiger partial charge on any atom is -0.441 e. The first-order valence-corrected chi connectivity index (χ1v) is 6.18. The lowest BCUT2D eigenvalue weighted by molar-refractivity contribution is -0.124. The molecule has 0 saturated carbocycles. The zero-order valence-electron chi connectivity index (χ0n) is 11.1. The van der Waals surface area contributed by atoms with Gasteiger partial charge in [-0.3, -0.25) is 4.79 Å². The summed E-state index contributed by atoms with van der Waals surface area (Å²) in [5.74, 6) is -0.420. The SMILES string of the molecule is C=CC(=O)N1C(=O)OC(C)(C)[C@H]1Cc1ccccc1. The molecule has 2 amide bonds. The molecule has 4 heteroatoms. The van der Waals surface area contributed by atoms with Gasteiger partial charge in [0.05, 0.1) is 6.04 Å². The van der Waals surface area contributed by atoms with Crippen LogP contribution in [0.5, 0.6) is 0 Å². The Balaban J connectivity index is 2.30. The molecule has 100 valence electrons. The smallest absolute Gasteiger partial charge is 0.417 e. The molecule has 1 heterocycles. The van der Waals surface area contributed by atoms with Crippen LogP contribution < -0.4 is 0 Å². The molecule has 0 bridgehead atoms. The largest absolute Gasteiger partial charge is 0.441 e.